The summed E-state index contributed by atoms with van der Waals surface area (Å²) in [4.78, 5) is 8.51. The molecule has 0 bridgehead atoms. The van der Waals surface area contributed by atoms with Gasteiger partial charge in [0.15, 0.2) is 0 Å². The van der Waals surface area contributed by atoms with Crippen LogP contribution in [0.4, 0.5) is 0 Å². The summed E-state index contributed by atoms with van der Waals surface area (Å²) >= 11 is 1.45. The van der Waals surface area contributed by atoms with Crippen molar-refractivity contribution in [3.63, 3.8) is 0 Å². The Bertz CT molecular complexity index is 902. The lowest BCUT2D eigenvalue weighted by Crippen LogP contribution is -1.90. The van der Waals surface area contributed by atoms with Crippen LogP contribution in [0.25, 0.3) is 17.2 Å². The number of hydrogen-bond acceptors (Lipinski definition) is 7. The molecule has 4 rings (SSSR count). The summed E-state index contributed by atoms with van der Waals surface area (Å²) in [5, 5.41) is 13.2. The Morgan fingerprint density at radius 3 is 2.83 bits per heavy atom. The summed E-state index contributed by atoms with van der Waals surface area (Å²) in [6.45, 7) is 1.98. The van der Waals surface area contributed by atoms with Crippen LogP contribution in [0.15, 0.2) is 58.4 Å². The van der Waals surface area contributed by atoms with E-state index >= 15 is 0 Å². The standard InChI is InChI=1S/C15H12N6OS/c1-10(23-15-17-14-16-8-5-9-21(14)20-15)12-18-19-13(22-12)11-6-3-2-4-7-11/h2-10H,1H3. The van der Waals surface area contributed by atoms with Crippen LogP contribution in [0, 0.1) is 0 Å². The van der Waals surface area contributed by atoms with E-state index in [0.29, 0.717) is 22.7 Å². The fourth-order valence-corrected chi connectivity index (χ4v) is 2.85. The van der Waals surface area contributed by atoms with Crippen molar-refractivity contribution in [1.82, 2.24) is 29.8 Å². The molecule has 0 spiro atoms. The number of benzene rings is 1. The van der Waals surface area contributed by atoms with E-state index in [1.54, 1.807) is 10.7 Å². The van der Waals surface area contributed by atoms with Crippen molar-refractivity contribution in [2.75, 3.05) is 0 Å². The smallest absolute Gasteiger partial charge is 0.253 e. The molecule has 0 aliphatic rings. The van der Waals surface area contributed by atoms with Gasteiger partial charge in [-0.15, -0.1) is 15.3 Å². The maximum atomic E-state index is 5.76. The second-order valence-electron chi connectivity index (χ2n) is 4.83. The highest BCUT2D eigenvalue weighted by Crippen LogP contribution is 2.33. The zero-order valence-electron chi connectivity index (χ0n) is 12.2. The minimum absolute atomic E-state index is 0.0580. The van der Waals surface area contributed by atoms with E-state index in [2.05, 4.69) is 25.3 Å². The van der Waals surface area contributed by atoms with Crippen molar-refractivity contribution >= 4 is 17.5 Å². The van der Waals surface area contributed by atoms with Gasteiger partial charge in [-0.3, -0.25) is 0 Å². The first-order valence-electron chi connectivity index (χ1n) is 7.02. The van der Waals surface area contributed by atoms with E-state index in [1.165, 1.54) is 11.8 Å². The van der Waals surface area contributed by atoms with Gasteiger partial charge in [0.05, 0.1) is 5.25 Å². The fraction of sp³-hybridized carbons (Fsp3) is 0.133. The average molecular weight is 324 g/mol. The van der Waals surface area contributed by atoms with E-state index < -0.39 is 0 Å². The summed E-state index contributed by atoms with van der Waals surface area (Å²) in [7, 11) is 0. The number of nitrogens with zero attached hydrogens (tertiary/aromatic N) is 6. The lowest BCUT2D eigenvalue weighted by molar-refractivity contribution is 0.509. The van der Waals surface area contributed by atoms with Gasteiger partial charge < -0.3 is 4.42 Å². The summed E-state index contributed by atoms with van der Waals surface area (Å²) in [6.07, 6.45) is 3.50. The molecule has 0 aliphatic carbocycles. The van der Waals surface area contributed by atoms with Crippen molar-refractivity contribution in [3.05, 3.63) is 54.7 Å². The summed E-state index contributed by atoms with van der Waals surface area (Å²) < 4.78 is 7.39. The third-order valence-electron chi connectivity index (χ3n) is 3.19. The molecule has 0 saturated heterocycles. The molecule has 3 aromatic heterocycles. The molecule has 0 saturated carbocycles. The Balaban J connectivity index is 1.55. The normalized spacial score (nSPS) is 12.6. The van der Waals surface area contributed by atoms with Crippen molar-refractivity contribution in [3.8, 4) is 11.5 Å². The Kier molecular flexibility index (Phi) is 3.51. The Labute approximate surface area is 135 Å². The minimum Gasteiger partial charge on any atom is -0.419 e. The topological polar surface area (TPSA) is 82.0 Å². The summed E-state index contributed by atoms with van der Waals surface area (Å²) in [6, 6.07) is 11.5. The predicted octanol–water partition coefficient (Wildman–Crippen LogP) is 3.03. The molecular formula is C15H12N6OS. The highest BCUT2D eigenvalue weighted by molar-refractivity contribution is 7.99. The van der Waals surface area contributed by atoms with Gasteiger partial charge in [-0.25, -0.2) is 9.50 Å². The van der Waals surface area contributed by atoms with Crippen LogP contribution >= 0.6 is 11.8 Å². The van der Waals surface area contributed by atoms with Crippen LogP contribution in [-0.4, -0.2) is 29.8 Å². The monoisotopic (exact) mass is 324 g/mol. The van der Waals surface area contributed by atoms with Gasteiger partial charge in [0.25, 0.3) is 5.78 Å². The van der Waals surface area contributed by atoms with Crippen LogP contribution in [0.3, 0.4) is 0 Å². The third kappa shape index (κ3) is 2.80. The van der Waals surface area contributed by atoms with E-state index in [4.69, 9.17) is 4.42 Å². The van der Waals surface area contributed by atoms with Crippen LogP contribution in [0.1, 0.15) is 18.1 Å². The van der Waals surface area contributed by atoms with E-state index in [1.807, 2.05) is 49.5 Å². The zero-order chi connectivity index (χ0) is 15.6. The Morgan fingerprint density at radius 2 is 2.00 bits per heavy atom. The zero-order valence-corrected chi connectivity index (χ0v) is 13.0. The number of rotatable bonds is 4. The van der Waals surface area contributed by atoms with Gasteiger partial charge >= 0.3 is 0 Å². The molecule has 0 N–H and O–H groups in total. The molecule has 1 unspecified atom stereocenters. The molecule has 0 radical (unpaired) electrons. The molecule has 4 aromatic rings. The van der Waals surface area contributed by atoms with Gasteiger partial charge in [0.1, 0.15) is 0 Å². The maximum absolute atomic E-state index is 5.76. The molecule has 7 nitrogen and oxygen atoms in total. The lowest BCUT2D eigenvalue weighted by atomic mass is 10.2. The fourth-order valence-electron chi connectivity index (χ4n) is 2.07. The van der Waals surface area contributed by atoms with Gasteiger partial charge in [-0.05, 0) is 25.1 Å². The van der Waals surface area contributed by atoms with Crippen molar-refractivity contribution < 1.29 is 4.42 Å². The van der Waals surface area contributed by atoms with Gasteiger partial charge in [-0.2, -0.15) is 4.98 Å². The van der Waals surface area contributed by atoms with Crippen LogP contribution < -0.4 is 0 Å². The molecule has 114 valence electrons. The Hall–Kier alpha value is -2.74. The first kappa shape index (κ1) is 13.9. The highest BCUT2D eigenvalue weighted by Gasteiger charge is 2.18. The average Bonchev–Trinajstić information content (AvgIpc) is 3.22. The second-order valence-corrected chi connectivity index (χ2v) is 6.14. The minimum atomic E-state index is -0.0580. The number of fused-ring (bicyclic) bond motifs is 1. The second kappa shape index (κ2) is 5.81. The van der Waals surface area contributed by atoms with Crippen LogP contribution in [0.2, 0.25) is 0 Å². The molecule has 23 heavy (non-hydrogen) atoms. The van der Waals surface area contributed by atoms with E-state index in [9.17, 15) is 0 Å². The molecule has 8 heteroatoms. The van der Waals surface area contributed by atoms with Crippen molar-refractivity contribution in [2.24, 2.45) is 0 Å². The molecule has 1 aromatic carbocycles. The molecule has 3 heterocycles. The SMILES string of the molecule is CC(Sc1nc2ncccn2n1)c1nnc(-c2ccccc2)o1. The molecule has 0 fully saturated rings. The first-order valence-corrected chi connectivity index (χ1v) is 7.90. The highest BCUT2D eigenvalue weighted by atomic mass is 32.2. The van der Waals surface area contributed by atoms with Gasteiger partial charge in [-0.1, -0.05) is 30.0 Å². The Morgan fingerprint density at radius 1 is 1.13 bits per heavy atom. The van der Waals surface area contributed by atoms with Crippen LogP contribution in [0.5, 0.6) is 0 Å². The number of aromatic nitrogens is 6. The van der Waals surface area contributed by atoms with E-state index in [-0.39, 0.29) is 5.25 Å². The molecule has 0 amide bonds. The van der Waals surface area contributed by atoms with Crippen LogP contribution in [-0.2, 0) is 0 Å². The predicted molar refractivity (Wildman–Crippen MR) is 84.8 cm³/mol. The van der Waals surface area contributed by atoms with Crippen molar-refractivity contribution in [2.45, 2.75) is 17.3 Å². The number of thioether (sulfide) groups is 1. The lowest BCUT2D eigenvalue weighted by Gasteiger charge is -2.01. The summed E-state index contributed by atoms with van der Waals surface area (Å²) in [5.41, 5.74) is 0.901. The van der Waals surface area contributed by atoms with Gasteiger partial charge in [0, 0.05) is 18.0 Å². The van der Waals surface area contributed by atoms with E-state index in [0.717, 1.165) is 5.56 Å². The molecule has 0 aliphatic heterocycles. The third-order valence-corrected chi connectivity index (χ3v) is 4.13. The largest absolute Gasteiger partial charge is 0.419 e. The quantitative estimate of drug-likeness (QED) is 0.534. The first-order chi connectivity index (χ1) is 11.3. The molecular weight excluding hydrogens is 312 g/mol. The van der Waals surface area contributed by atoms with Crippen molar-refractivity contribution in [1.29, 1.82) is 0 Å². The maximum Gasteiger partial charge on any atom is 0.253 e. The molecule has 1 atom stereocenters. The van der Waals surface area contributed by atoms with Gasteiger partial charge in [0.2, 0.25) is 16.9 Å². The summed E-state index contributed by atoms with van der Waals surface area (Å²) in [5.74, 6) is 1.62. The number of hydrogen-bond donors (Lipinski definition) is 0.